The Hall–Kier alpha value is -2.28. The molecule has 1 unspecified atom stereocenters. The molecular formula is C21H30N4O2S. The lowest BCUT2D eigenvalue weighted by Crippen LogP contribution is -2.44. The SMILES string of the molecule is CCCCCc1nnc(NC(=O)C(CC(C)C)NC(=O)c2ccccc2C)s1. The van der Waals surface area contributed by atoms with Crippen LogP contribution >= 0.6 is 11.3 Å². The van der Waals surface area contributed by atoms with E-state index in [2.05, 4.69) is 27.8 Å². The van der Waals surface area contributed by atoms with Crippen molar-refractivity contribution >= 4 is 28.3 Å². The fourth-order valence-electron chi connectivity index (χ4n) is 2.89. The van der Waals surface area contributed by atoms with Crippen molar-refractivity contribution in [3.63, 3.8) is 0 Å². The highest BCUT2D eigenvalue weighted by Crippen LogP contribution is 2.19. The Labute approximate surface area is 171 Å². The zero-order valence-electron chi connectivity index (χ0n) is 17.1. The largest absolute Gasteiger partial charge is 0.340 e. The maximum Gasteiger partial charge on any atom is 0.252 e. The Balaban J connectivity index is 2.02. The van der Waals surface area contributed by atoms with E-state index < -0.39 is 6.04 Å². The van der Waals surface area contributed by atoms with Crippen LogP contribution in [0.5, 0.6) is 0 Å². The van der Waals surface area contributed by atoms with Crippen LogP contribution in [-0.2, 0) is 11.2 Å². The van der Waals surface area contributed by atoms with Gasteiger partial charge in [0, 0.05) is 12.0 Å². The van der Waals surface area contributed by atoms with Gasteiger partial charge < -0.3 is 5.32 Å². The second-order valence-corrected chi connectivity index (χ2v) is 8.48. The summed E-state index contributed by atoms with van der Waals surface area (Å²) in [7, 11) is 0. The predicted octanol–water partition coefficient (Wildman–Crippen LogP) is 4.36. The van der Waals surface area contributed by atoms with Gasteiger partial charge in [-0.05, 0) is 37.3 Å². The van der Waals surface area contributed by atoms with Crippen LogP contribution in [0.4, 0.5) is 5.13 Å². The highest BCUT2D eigenvalue weighted by atomic mass is 32.1. The Morgan fingerprint density at radius 2 is 1.89 bits per heavy atom. The number of aryl methyl sites for hydroxylation is 2. The maximum absolute atomic E-state index is 12.8. The minimum absolute atomic E-state index is 0.239. The lowest BCUT2D eigenvalue weighted by Gasteiger charge is -2.20. The van der Waals surface area contributed by atoms with Crippen LogP contribution in [0.15, 0.2) is 24.3 Å². The molecule has 152 valence electrons. The smallest absolute Gasteiger partial charge is 0.252 e. The van der Waals surface area contributed by atoms with E-state index in [1.807, 2.05) is 39.0 Å². The number of hydrogen-bond acceptors (Lipinski definition) is 5. The van der Waals surface area contributed by atoms with Crippen molar-refractivity contribution in [3.8, 4) is 0 Å². The number of nitrogens with one attached hydrogen (secondary N) is 2. The number of unbranched alkanes of at least 4 members (excludes halogenated alkanes) is 2. The van der Waals surface area contributed by atoms with Gasteiger partial charge in [0.05, 0.1) is 0 Å². The minimum atomic E-state index is -0.625. The second kappa shape index (κ2) is 10.9. The number of nitrogens with zero attached hydrogens (tertiary/aromatic N) is 2. The Morgan fingerprint density at radius 3 is 2.57 bits per heavy atom. The van der Waals surface area contributed by atoms with Gasteiger partial charge in [0.2, 0.25) is 11.0 Å². The van der Waals surface area contributed by atoms with E-state index in [0.717, 1.165) is 36.3 Å². The van der Waals surface area contributed by atoms with Gasteiger partial charge in [-0.25, -0.2) is 0 Å². The minimum Gasteiger partial charge on any atom is -0.340 e. The third kappa shape index (κ3) is 6.71. The molecule has 2 rings (SSSR count). The van der Waals surface area contributed by atoms with Crippen LogP contribution in [0.2, 0.25) is 0 Å². The van der Waals surface area contributed by atoms with Gasteiger partial charge in [0.15, 0.2) is 0 Å². The van der Waals surface area contributed by atoms with Crippen LogP contribution in [0.25, 0.3) is 0 Å². The summed E-state index contributed by atoms with van der Waals surface area (Å²) < 4.78 is 0. The van der Waals surface area contributed by atoms with Crippen molar-refractivity contribution < 1.29 is 9.59 Å². The summed E-state index contributed by atoms with van der Waals surface area (Å²) in [6.45, 7) is 8.09. The number of carbonyl (C=O) groups excluding carboxylic acids is 2. The molecule has 2 N–H and O–H groups in total. The molecule has 0 fully saturated rings. The first-order valence-electron chi connectivity index (χ1n) is 9.90. The van der Waals surface area contributed by atoms with Crippen LogP contribution in [0.1, 0.15) is 67.4 Å². The molecule has 2 aromatic rings. The molecule has 1 atom stereocenters. The quantitative estimate of drug-likeness (QED) is 0.578. The molecule has 0 aliphatic rings. The van der Waals surface area contributed by atoms with Crippen molar-refractivity contribution in [3.05, 3.63) is 40.4 Å². The fourth-order valence-corrected chi connectivity index (χ4v) is 3.67. The molecule has 1 aromatic heterocycles. The molecule has 1 heterocycles. The molecule has 0 spiro atoms. The molecule has 2 amide bonds. The van der Waals surface area contributed by atoms with Gasteiger partial charge in [-0.15, -0.1) is 10.2 Å². The molecule has 28 heavy (non-hydrogen) atoms. The van der Waals surface area contributed by atoms with Crippen molar-refractivity contribution in [2.45, 2.75) is 65.8 Å². The average Bonchev–Trinajstić information content (AvgIpc) is 3.08. The summed E-state index contributed by atoms with van der Waals surface area (Å²) in [6, 6.07) is 6.73. The van der Waals surface area contributed by atoms with Crippen molar-refractivity contribution in [1.29, 1.82) is 0 Å². The average molecular weight is 403 g/mol. The highest BCUT2D eigenvalue weighted by molar-refractivity contribution is 7.15. The van der Waals surface area contributed by atoms with Crippen LogP contribution in [0, 0.1) is 12.8 Å². The van der Waals surface area contributed by atoms with E-state index >= 15 is 0 Å². The van der Waals surface area contributed by atoms with Gasteiger partial charge in [-0.1, -0.05) is 63.1 Å². The summed E-state index contributed by atoms with van der Waals surface area (Å²) in [6.07, 6.45) is 4.80. The molecule has 0 saturated heterocycles. The van der Waals surface area contributed by atoms with Crippen LogP contribution < -0.4 is 10.6 Å². The molecule has 0 aliphatic heterocycles. The van der Waals surface area contributed by atoms with Crippen molar-refractivity contribution in [2.75, 3.05) is 5.32 Å². The first kappa shape index (κ1) is 22.0. The molecule has 0 aliphatic carbocycles. The van der Waals surface area contributed by atoms with Crippen molar-refractivity contribution in [1.82, 2.24) is 15.5 Å². The lowest BCUT2D eigenvalue weighted by molar-refractivity contribution is -0.118. The lowest BCUT2D eigenvalue weighted by atomic mass is 10.0. The Bertz CT molecular complexity index is 788. The van der Waals surface area contributed by atoms with Gasteiger partial charge in [-0.3, -0.25) is 14.9 Å². The van der Waals surface area contributed by atoms with E-state index in [0.29, 0.717) is 17.1 Å². The van der Waals surface area contributed by atoms with Gasteiger partial charge in [0.1, 0.15) is 11.0 Å². The van der Waals surface area contributed by atoms with E-state index in [-0.39, 0.29) is 17.7 Å². The second-order valence-electron chi connectivity index (χ2n) is 7.42. The molecule has 0 radical (unpaired) electrons. The van der Waals surface area contributed by atoms with Gasteiger partial charge in [0.25, 0.3) is 5.91 Å². The molecule has 0 bridgehead atoms. The zero-order valence-corrected chi connectivity index (χ0v) is 17.9. The summed E-state index contributed by atoms with van der Waals surface area (Å²) in [4.78, 5) is 25.4. The summed E-state index contributed by atoms with van der Waals surface area (Å²) >= 11 is 1.40. The van der Waals surface area contributed by atoms with Crippen LogP contribution in [0.3, 0.4) is 0 Å². The van der Waals surface area contributed by atoms with E-state index in [4.69, 9.17) is 0 Å². The summed E-state index contributed by atoms with van der Waals surface area (Å²) in [5, 5.41) is 15.3. The topological polar surface area (TPSA) is 84.0 Å². The third-order valence-electron chi connectivity index (χ3n) is 4.41. The molecule has 7 heteroatoms. The third-order valence-corrected chi connectivity index (χ3v) is 5.31. The number of rotatable bonds is 10. The summed E-state index contributed by atoms with van der Waals surface area (Å²) in [5.41, 5.74) is 1.46. The summed E-state index contributed by atoms with van der Waals surface area (Å²) in [5.74, 6) is -0.241. The van der Waals surface area contributed by atoms with Gasteiger partial charge >= 0.3 is 0 Å². The van der Waals surface area contributed by atoms with Crippen molar-refractivity contribution in [2.24, 2.45) is 5.92 Å². The first-order chi connectivity index (χ1) is 13.4. The number of anilines is 1. The number of carbonyl (C=O) groups is 2. The Kier molecular flexibility index (Phi) is 8.57. The molecule has 6 nitrogen and oxygen atoms in total. The van der Waals surface area contributed by atoms with E-state index in [9.17, 15) is 9.59 Å². The first-order valence-corrected chi connectivity index (χ1v) is 10.7. The van der Waals surface area contributed by atoms with Gasteiger partial charge in [-0.2, -0.15) is 0 Å². The fraction of sp³-hybridized carbons (Fsp3) is 0.524. The van der Waals surface area contributed by atoms with Crippen LogP contribution in [-0.4, -0.2) is 28.1 Å². The molecule has 1 aromatic carbocycles. The number of amides is 2. The number of hydrogen-bond donors (Lipinski definition) is 2. The Morgan fingerprint density at radius 1 is 1.14 bits per heavy atom. The predicted molar refractivity (Wildman–Crippen MR) is 114 cm³/mol. The maximum atomic E-state index is 12.8. The number of benzene rings is 1. The highest BCUT2D eigenvalue weighted by Gasteiger charge is 2.24. The number of aromatic nitrogens is 2. The molecule has 0 saturated carbocycles. The zero-order chi connectivity index (χ0) is 20.5. The molecular weight excluding hydrogens is 372 g/mol. The standard InChI is InChI=1S/C21H30N4O2S/c1-5-6-7-12-18-24-25-21(28-18)23-20(27)17(13-14(2)3)22-19(26)16-11-9-8-10-15(16)4/h8-11,14,17H,5-7,12-13H2,1-4H3,(H,22,26)(H,23,25,27). The van der Waals surface area contributed by atoms with E-state index in [1.165, 1.54) is 11.3 Å². The van der Waals surface area contributed by atoms with E-state index in [1.54, 1.807) is 6.07 Å². The monoisotopic (exact) mass is 402 g/mol. The normalized spacial score (nSPS) is 12.0.